The summed E-state index contributed by atoms with van der Waals surface area (Å²) in [4.78, 5) is 4.33. The van der Waals surface area contributed by atoms with Crippen LogP contribution in [0.5, 0.6) is 0 Å². The van der Waals surface area contributed by atoms with Crippen molar-refractivity contribution in [1.82, 2.24) is 4.98 Å². The Morgan fingerprint density at radius 1 is 1.25 bits per heavy atom. The molecule has 12 heavy (non-hydrogen) atoms. The first-order chi connectivity index (χ1) is 5.77. The minimum atomic E-state index is 1.11. The molecule has 60 valence electrons. The van der Waals surface area contributed by atoms with Gasteiger partial charge in [-0.2, -0.15) is 0 Å². The van der Waals surface area contributed by atoms with Crippen molar-refractivity contribution in [2.75, 3.05) is 0 Å². The molecule has 1 nitrogen and oxygen atoms in total. The molecule has 0 saturated carbocycles. The van der Waals surface area contributed by atoms with Crippen molar-refractivity contribution in [2.45, 2.75) is 13.8 Å². The Labute approximate surface area is 73.6 Å². The third kappa shape index (κ3) is 1.21. The van der Waals surface area contributed by atoms with Crippen LogP contribution in [0, 0.1) is 13.8 Å². The Morgan fingerprint density at radius 3 is 2.92 bits per heavy atom. The third-order valence-electron chi connectivity index (χ3n) is 1.99. The quantitative estimate of drug-likeness (QED) is 0.597. The molecule has 0 aliphatic rings. The van der Waals surface area contributed by atoms with Gasteiger partial charge in [-0.25, -0.2) is 0 Å². The molecule has 0 bridgehead atoms. The van der Waals surface area contributed by atoms with Gasteiger partial charge >= 0.3 is 0 Å². The van der Waals surface area contributed by atoms with Gasteiger partial charge in [-0.3, -0.25) is 4.98 Å². The van der Waals surface area contributed by atoms with E-state index in [2.05, 4.69) is 37.0 Å². The van der Waals surface area contributed by atoms with E-state index in [0.29, 0.717) is 0 Å². The standard InChI is InChI=1S/C10H10NP/c1-7-3-4-10-9(5-7)8(2)12-6-11-10/h3-6H,1-2H3. The molecule has 2 heteroatoms. The molecule has 0 aliphatic heterocycles. The van der Waals surface area contributed by atoms with E-state index in [-0.39, 0.29) is 0 Å². The van der Waals surface area contributed by atoms with E-state index in [1.807, 2.05) is 5.93 Å². The zero-order valence-electron chi connectivity index (χ0n) is 7.20. The van der Waals surface area contributed by atoms with Gasteiger partial charge in [-0.05, 0) is 31.3 Å². The van der Waals surface area contributed by atoms with Crippen molar-refractivity contribution in [2.24, 2.45) is 0 Å². The summed E-state index contributed by atoms with van der Waals surface area (Å²) < 4.78 is 0. The molecule has 0 radical (unpaired) electrons. The van der Waals surface area contributed by atoms with Gasteiger partial charge in [-0.1, -0.05) is 19.8 Å². The third-order valence-corrected chi connectivity index (χ3v) is 2.85. The van der Waals surface area contributed by atoms with Crippen LogP contribution in [0.1, 0.15) is 10.9 Å². The van der Waals surface area contributed by atoms with Crippen molar-refractivity contribution in [1.29, 1.82) is 0 Å². The van der Waals surface area contributed by atoms with Crippen LogP contribution < -0.4 is 0 Å². The highest BCUT2D eigenvalue weighted by atomic mass is 31.0. The predicted molar refractivity (Wildman–Crippen MR) is 53.7 cm³/mol. The molecule has 1 aromatic carbocycles. The van der Waals surface area contributed by atoms with Crippen LogP contribution >= 0.6 is 8.19 Å². The molecule has 2 rings (SSSR count). The Bertz CT molecular complexity index is 423. The average Bonchev–Trinajstić information content (AvgIpc) is 2.07. The Balaban J connectivity index is 2.88. The predicted octanol–water partition coefficient (Wildman–Crippen LogP) is 3.43. The molecule has 0 fully saturated rings. The number of nitrogens with zero attached hydrogens (tertiary/aromatic N) is 1. The van der Waals surface area contributed by atoms with Gasteiger partial charge in [0.1, 0.15) is 0 Å². The fourth-order valence-electron chi connectivity index (χ4n) is 1.30. The molecule has 0 aliphatic carbocycles. The van der Waals surface area contributed by atoms with E-state index in [1.54, 1.807) is 0 Å². The maximum absolute atomic E-state index is 4.33. The van der Waals surface area contributed by atoms with E-state index in [4.69, 9.17) is 0 Å². The van der Waals surface area contributed by atoms with Crippen LogP contribution in [0.4, 0.5) is 0 Å². The lowest BCUT2D eigenvalue weighted by molar-refractivity contribution is 1.43. The topological polar surface area (TPSA) is 12.9 Å². The second-order valence-electron chi connectivity index (χ2n) is 2.98. The van der Waals surface area contributed by atoms with Gasteiger partial charge in [-0.15, -0.1) is 0 Å². The van der Waals surface area contributed by atoms with E-state index in [1.165, 1.54) is 24.4 Å². The minimum absolute atomic E-state index is 1.11. The van der Waals surface area contributed by atoms with Crippen molar-refractivity contribution in [3.05, 3.63) is 35.0 Å². The summed E-state index contributed by atoms with van der Waals surface area (Å²) in [5.74, 6) is 1.95. The number of hydrogen-bond donors (Lipinski definition) is 0. The van der Waals surface area contributed by atoms with Crippen molar-refractivity contribution in [3.63, 3.8) is 0 Å². The SMILES string of the molecule is Cc1ccc2ncpc(C)c2c1. The minimum Gasteiger partial charge on any atom is -0.251 e. The number of fused-ring (bicyclic) bond motifs is 1. The van der Waals surface area contributed by atoms with Crippen LogP contribution in [0.2, 0.25) is 0 Å². The molecule has 0 spiro atoms. The van der Waals surface area contributed by atoms with Gasteiger partial charge < -0.3 is 0 Å². The summed E-state index contributed by atoms with van der Waals surface area (Å²) in [7, 11) is 1.23. The normalized spacial score (nSPS) is 11.2. The molecular weight excluding hydrogens is 165 g/mol. The molecule has 0 amide bonds. The largest absolute Gasteiger partial charge is 0.251 e. The van der Waals surface area contributed by atoms with Gasteiger partial charge in [0.05, 0.1) is 11.4 Å². The van der Waals surface area contributed by atoms with Crippen LogP contribution in [-0.2, 0) is 0 Å². The van der Waals surface area contributed by atoms with E-state index >= 15 is 0 Å². The zero-order chi connectivity index (χ0) is 8.55. The Hall–Kier alpha value is -0.940. The summed E-state index contributed by atoms with van der Waals surface area (Å²) in [6.07, 6.45) is 0. The number of rotatable bonds is 0. The maximum Gasteiger partial charge on any atom is 0.0712 e. The van der Waals surface area contributed by atoms with Gasteiger partial charge in [0.15, 0.2) is 0 Å². The number of aromatic nitrogens is 1. The van der Waals surface area contributed by atoms with Crippen molar-refractivity contribution in [3.8, 4) is 0 Å². The Morgan fingerprint density at radius 2 is 2.08 bits per heavy atom. The van der Waals surface area contributed by atoms with Crippen LogP contribution in [0.15, 0.2) is 24.1 Å². The highest BCUT2D eigenvalue weighted by Gasteiger charge is 1.96. The summed E-state index contributed by atoms with van der Waals surface area (Å²) in [5, 5.41) is 2.70. The first-order valence-electron chi connectivity index (χ1n) is 3.95. The fourth-order valence-corrected chi connectivity index (χ4v) is 1.97. The smallest absolute Gasteiger partial charge is 0.0712 e. The second kappa shape index (κ2) is 2.84. The van der Waals surface area contributed by atoms with Crippen LogP contribution in [0.3, 0.4) is 0 Å². The molecular formula is C10H10NP. The summed E-state index contributed by atoms with van der Waals surface area (Å²) >= 11 is 0. The zero-order valence-corrected chi connectivity index (χ0v) is 8.10. The second-order valence-corrected chi connectivity index (χ2v) is 4.14. The highest BCUT2D eigenvalue weighted by molar-refractivity contribution is 7.30. The average molecular weight is 175 g/mol. The number of hydrogen-bond acceptors (Lipinski definition) is 1. The van der Waals surface area contributed by atoms with Gasteiger partial charge in [0, 0.05) is 5.39 Å². The van der Waals surface area contributed by atoms with Crippen molar-refractivity contribution >= 4 is 19.1 Å². The maximum atomic E-state index is 4.33. The monoisotopic (exact) mass is 175 g/mol. The lowest BCUT2D eigenvalue weighted by atomic mass is 10.1. The van der Waals surface area contributed by atoms with E-state index < -0.39 is 0 Å². The Kier molecular flexibility index (Phi) is 1.82. The molecule has 0 atom stereocenters. The lowest BCUT2D eigenvalue weighted by Gasteiger charge is -2.00. The molecule has 0 N–H and O–H groups in total. The number of aryl methyl sites for hydroxylation is 2. The van der Waals surface area contributed by atoms with Crippen LogP contribution in [0.25, 0.3) is 10.9 Å². The fraction of sp³-hybridized carbons (Fsp3) is 0.200. The van der Waals surface area contributed by atoms with Crippen molar-refractivity contribution < 1.29 is 0 Å². The van der Waals surface area contributed by atoms with E-state index in [0.717, 1.165) is 5.52 Å². The molecule has 0 saturated heterocycles. The van der Waals surface area contributed by atoms with Crippen LogP contribution in [-0.4, -0.2) is 4.98 Å². The first kappa shape index (κ1) is 7.70. The molecule has 0 unspecified atom stereocenters. The first-order valence-corrected chi connectivity index (χ1v) is 4.92. The van der Waals surface area contributed by atoms with Gasteiger partial charge in [0.25, 0.3) is 0 Å². The number of benzene rings is 1. The lowest BCUT2D eigenvalue weighted by Crippen LogP contribution is -1.79. The molecule has 1 heterocycles. The highest BCUT2D eigenvalue weighted by Crippen LogP contribution is 2.22. The summed E-state index contributed by atoms with van der Waals surface area (Å²) in [6.45, 7) is 4.27. The van der Waals surface area contributed by atoms with Gasteiger partial charge in [0.2, 0.25) is 0 Å². The summed E-state index contributed by atoms with van der Waals surface area (Å²) in [5.41, 5.74) is 2.41. The molecule has 1 aromatic heterocycles. The summed E-state index contributed by atoms with van der Waals surface area (Å²) in [6, 6.07) is 6.39. The molecule has 2 aromatic rings. The van der Waals surface area contributed by atoms with E-state index in [9.17, 15) is 0 Å².